The van der Waals surface area contributed by atoms with Crippen LogP contribution in [0.4, 0.5) is 11.4 Å². The SMILES string of the molecule is Cc1cc(C(C)(C)C)cc(Pc2c(C)cccc2CN(c2ccccc2)c2ccccc2)c1OCc1ccccc1. The molecule has 0 aliphatic rings. The Hall–Kier alpha value is -3.87. The molecule has 0 heterocycles. The van der Waals surface area contributed by atoms with Crippen LogP contribution in [0.2, 0.25) is 0 Å². The van der Waals surface area contributed by atoms with Crippen molar-refractivity contribution in [3.8, 4) is 5.75 Å². The predicted octanol–water partition coefficient (Wildman–Crippen LogP) is 9.15. The summed E-state index contributed by atoms with van der Waals surface area (Å²) in [5.74, 6) is 1.01. The molecule has 1 atom stereocenters. The highest BCUT2D eigenvalue weighted by Gasteiger charge is 2.21. The van der Waals surface area contributed by atoms with Crippen molar-refractivity contribution in [2.75, 3.05) is 4.90 Å². The van der Waals surface area contributed by atoms with Gasteiger partial charge in [-0.25, -0.2) is 0 Å². The molecule has 5 aromatic rings. The summed E-state index contributed by atoms with van der Waals surface area (Å²) in [5.41, 5.74) is 8.79. The van der Waals surface area contributed by atoms with E-state index in [-0.39, 0.29) is 5.41 Å². The van der Waals surface area contributed by atoms with Crippen molar-refractivity contribution in [2.45, 2.75) is 53.2 Å². The molecule has 5 aromatic carbocycles. The molecular weight excluding hydrogens is 517 g/mol. The van der Waals surface area contributed by atoms with Crippen LogP contribution in [0.25, 0.3) is 0 Å². The Bertz CT molecular complexity index is 1530. The van der Waals surface area contributed by atoms with E-state index in [0.717, 1.165) is 12.3 Å². The Balaban J connectivity index is 1.55. The first-order chi connectivity index (χ1) is 19.8. The van der Waals surface area contributed by atoms with E-state index < -0.39 is 0 Å². The van der Waals surface area contributed by atoms with E-state index in [1.54, 1.807) is 0 Å². The van der Waals surface area contributed by atoms with Crippen molar-refractivity contribution in [1.29, 1.82) is 0 Å². The normalized spacial score (nSPS) is 11.6. The molecule has 0 bridgehead atoms. The molecule has 0 aliphatic heterocycles. The number of nitrogens with zero attached hydrogens (tertiary/aromatic N) is 1. The maximum atomic E-state index is 6.59. The van der Waals surface area contributed by atoms with Crippen LogP contribution in [0.1, 0.15) is 48.6 Å². The minimum absolute atomic E-state index is 0.0495. The van der Waals surface area contributed by atoms with E-state index in [1.165, 1.54) is 49.8 Å². The fourth-order valence-electron chi connectivity index (χ4n) is 5.11. The molecule has 0 radical (unpaired) electrons. The lowest BCUT2D eigenvalue weighted by atomic mass is 9.86. The zero-order valence-corrected chi connectivity index (χ0v) is 25.8. The van der Waals surface area contributed by atoms with Crippen molar-refractivity contribution < 1.29 is 4.74 Å². The third-order valence-corrected chi connectivity index (χ3v) is 9.06. The zero-order valence-electron chi connectivity index (χ0n) is 24.8. The smallest absolute Gasteiger partial charge is 0.130 e. The second-order valence-electron chi connectivity index (χ2n) is 11.7. The highest BCUT2D eigenvalue weighted by molar-refractivity contribution is 7.56. The molecule has 0 saturated heterocycles. The third kappa shape index (κ3) is 7.07. The van der Waals surface area contributed by atoms with Gasteiger partial charge in [-0.1, -0.05) is 120 Å². The molecule has 0 amide bonds. The quantitative estimate of drug-likeness (QED) is 0.168. The largest absolute Gasteiger partial charge is 0.488 e. The van der Waals surface area contributed by atoms with Gasteiger partial charge in [-0.3, -0.25) is 0 Å². The van der Waals surface area contributed by atoms with Gasteiger partial charge in [0.15, 0.2) is 0 Å². The average molecular weight is 558 g/mol. The molecule has 41 heavy (non-hydrogen) atoms. The Morgan fingerprint density at radius 2 is 1.24 bits per heavy atom. The monoisotopic (exact) mass is 557 g/mol. The average Bonchev–Trinajstić information content (AvgIpc) is 2.98. The predicted molar refractivity (Wildman–Crippen MR) is 178 cm³/mol. The number of benzene rings is 5. The second kappa shape index (κ2) is 12.8. The van der Waals surface area contributed by atoms with Gasteiger partial charge in [0, 0.05) is 23.2 Å². The molecular formula is C38H40NOP. The summed E-state index contributed by atoms with van der Waals surface area (Å²) in [4.78, 5) is 2.41. The first-order valence-electron chi connectivity index (χ1n) is 14.3. The van der Waals surface area contributed by atoms with Gasteiger partial charge in [0.25, 0.3) is 0 Å². The number of anilines is 2. The minimum Gasteiger partial charge on any atom is -0.488 e. The van der Waals surface area contributed by atoms with Gasteiger partial charge in [-0.05, 0) is 82.7 Å². The van der Waals surface area contributed by atoms with E-state index in [4.69, 9.17) is 4.74 Å². The molecule has 0 spiro atoms. The Labute approximate surface area is 247 Å². The van der Waals surface area contributed by atoms with Crippen LogP contribution in [-0.2, 0) is 18.6 Å². The van der Waals surface area contributed by atoms with Crippen LogP contribution in [-0.4, -0.2) is 0 Å². The first-order valence-corrected chi connectivity index (χ1v) is 15.3. The minimum atomic E-state index is 0.0495. The van der Waals surface area contributed by atoms with E-state index in [1.807, 2.05) is 6.07 Å². The van der Waals surface area contributed by atoms with E-state index >= 15 is 0 Å². The molecule has 1 unspecified atom stereocenters. The highest BCUT2D eigenvalue weighted by Crippen LogP contribution is 2.33. The fraction of sp³-hybridized carbons (Fsp3) is 0.211. The number of para-hydroxylation sites is 2. The van der Waals surface area contributed by atoms with Crippen LogP contribution < -0.4 is 20.2 Å². The van der Waals surface area contributed by atoms with Crippen LogP contribution in [0.15, 0.2) is 121 Å². The van der Waals surface area contributed by atoms with Crippen LogP contribution in [0.3, 0.4) is 0 Å². The lowest BCUT2D eigenvalue weighted by molar-refractivity contribution is 0.306. The summed E-state index contributed by atoms with van der Waals surface area (Å²) in [5, 5.41) is 2.66. The molecule has 0 N–H and O–H groups in total. The summed E-state index contributed by atoms with van der Waals surface area (Å²) in [7, 11) is 0.476. The second-order valence-corrected chi connectivity index (χ2v) is 13.0. The molecule has 0 saturated carbocycles. The topological polar surface area (TPSA) is 12.5 Å². The fourth-order valence-corrected chi connectivity index (χ4v) is 6.60. The van der Waals surface area contributed by atoms with Crippen molar-refractivity contribution in [1.82, 2.24) is 0 Å². The van der Waals surface area contributed by atoms with E-state index in [2.05, 4.69) is 155 Å². The summed E-state index contributed by atoms with van der Waals surface area (Å²) >= 11 is 0. The number of rotatable bonds is 9. The highest BCUT2D eigenvalue weighted by atomic mass is 31.1. The van der Waals surface area contributed by atoms with Gasteiger partial charge in [0.2, 0.25) is 0 Å². The zero-order chi connectivity index (χ0) is 28.8. The summed E-state index contributed by atoms with van der Waals surface area (Å²) in [6.45, 7) is 12.6. The third-order valence-electron chi connectivity index (χ3n) is 7.45. The van der Waals surface area contributed by atoms with Crippen molar-refractivity contribution in [3.05, 3.63) is 149 Å². The van der Waals surface area contributed by atoms with Gasteiger partial charge >= 0.3 is 0 Å². The number of hydrogen-bond acceptors (Lipinski definition) is 2. The van der Waals surface area contributed by atoms with Gasteiger partial charge in [0.1, 0.15) is 12.4 Å². The van der Waals surface area contributed by atoms with Crippen molar-refractivity contribution in [3.63, 3.8) is 0 Å². The Kier molecular flexibility index (Phi) is 8.91. The van der Waals surface area contributed by atoms with Crippen LogP contribution in [0, 0.1) is 13.8 Å². The summed E-state index contributed by atoms with van der Waals surface area (Å²) in [6, 6.07) is 43.2. The number of hydrogen-bond donors (Lipinski definition) is 0. The number of ether oxygens (including phenoxy) is 1. The van der Waals surface area contributed by atoms with E-state index in [0.29, 0.717) is 15.2 Å². The van der Waals surface area contributed by atoms with E-state index in [9.17, 15) is 0 Å². The Morgan fingerprint density at radius 3 is 1.83 bits per heavy atom. The summed E-state index contributed by atoms with van der Waals surface area (Å²) < 4.78 is 6.59. The maximum absolute atomic E-state index is 6.59. The van der Waals surface area contributed by atoms with Crippen LogP contribution in [0.5, 0.6) is 5.75 Å². The van der Waals surface area contributed by atoms with Gasteiger partial charge in [0.05, 0.1) is 0 Å². The Morgan fingerprint density at radius 1 is 0.659 bits per heavy atom. The lowest BCUT2D eigenvalue weighted by Crippen LogP contribution is -2.23. The lowest BCUT2D eigenvalue weighted by Gasteiger charge is -2.27. The molecule has 2 nitrogen and oxygen atoms in total. The molecule has 208 valence electrons. The molecule has 0 aliphatic carbocycles. The molecule has 3 heteroatoms. The first kappa shape index (κ1) is 28.7. The van der Waals surface area contributed by atoms with Gasteiger partial charge in [-0.15, -0.1) is 0 Å². The van der Waals surface area contributed by atoms with Crippen molar-refractivity contribution >= 4 is 30.6 Å². The molecule has 5 rings (SSSR count). The van der Waals surface area contributed by atoms with Crippen molar-refractivity contribution in [2.24, 2.45) is 0 Å². The van der Waals surface area contributed by atoms with Gasteiger partial charge < -0.3 is 9.64 Å². The summed E-state index contributed by atoms with van der Waals surface area (Å²) in [6.07, 6.45) is 0. The number of aryl methyl sites for hydroxylation is 2. The van der Waals surface area contributed by atoms with Gasteiger partial charge in [-0.2, -0.15) is 0 Å². The van der Waals surface area contributed by atoms with Crippen LogP contribution >= 0.6 is 8.58 Å². The maximum Gasteiger partial charge on any atom is 0.130 e. The molecule has 0 aromatic heterocycles. The molecule has 0 fully saturated rings. The standard InChI is InChI=1S/C38H40NOP/c1-28-16-15-19-31(26-39(33-20-11-7-12-21-33)34-22-13-8-14-23-34)37(28)41-35-25-32(38(3,4)5)24-29(2)36(35)40-27-30-17-9-6-10-18-30/h6-25,41H,26-27H2,1-5H3.